The van der Waals surface area contributed by atoms with E-state index in [1.54, 1.807) is 6.26 Å². The number of hydrogen-bond acceptors (Lipinski definition) is 3. The molecule has 0 heterocycles. The zero-order chi connectivity index (χ0) is 18.2. The van der Waals surface area contributed by atoms with Gasteiger partial charge >= 0.3 is 5.97 Å². The maximum atomic E-state index is 13.6. The van der Waals surface area contributed by atoms with Gasteiger partial charge < -0.3 is 10.4 Å². The van der Waals surface area contributed by atoms with Crippen LogP contribution in [-0.2, 0) is 11.2 Å². The van der Waals surface area contributed by atoms with Gasteiger partial charge in [0, 0.05) is 22.9 Å². The monoisotopic (exact) mass is 361 g/mol. The van der Waals surface area contributed by atoms with Crippen LogP contribution in [-0.4, -0.2) is 29.3 Å². The van der Waals surface area contributed by atoms with Crippen LogP contribution >= 0.6 is 11.8 Å². The average molecular weight is 361 g/mol. The number of hydrogen-bond donors (Lipinski definition) is 2. The molecule has 1 atom stereocenters. The van der Waals surface area contributed by atoms with Gasteiger partial charge in [0.15, 0.2) is 0 Å². The number of rotatable bonds is 8. The first-order valence-electron chi connectivity index (χ1n) is 7.89. The quantitative estimate of drug-likeness (QED) is 0.703. The van der Waals surface area contributed by atoms with Gasteiger partial charge in [0.1, 0.15) is 5.82 Å². The number of carboxylic acid groups (broad SMARTS) is 1. The maximum Gasteiger partial charge on any atom is 0.303 e. The molecule has 2 aromatic carbocycles. The summed E-state index contributed by atoms with van der Waals surface area (Å²) in [6, 6.07) is 13.5. The minimum atomic E-state index is -0.904. The highest BCUT2D eigenvalue weighted by molar-refractivity contribution is 7.98. The molecule has 4 nitrogen and oxygen atoms in total. The Hall–Kier alpha value is -2.34. The number of carbonyl (C=O) groups is 2. The number of aliphatic carboxylic acids is 1. The van der Waals surface area contributed by atoms with Gasteiger partial charge in [-0.25, -0.2) is 4.39 Å². The summed E-state index contributed by atoms with van der Waals surface area (Å²) in [5, 5.41) is 11.8. The Labute approximate surface area is 150 Å². The van der Waals surface area contributed by atoms with Crippen LogP contribution in [0.5, 0.6) is 0 Å². The lowest BCUT2D eigenvalue weighted by Gasteiger charge is -2.18. The van der Waals surface area contributed by atoms with Gasteiger partial charge in [0.05, 0.1) is 0 Å². The van der Waals surface area contributed by atoms with Crippen molar-refractivity contribution in [3.63, 3.8) is 0 Å². The van der Waals surface area contributed by atoms with Crippen molar-refractivity contribution in [3.05, 3.63) is 65.5 Å². The molecule has 0 aliphatic carbocycles. The highest BCUT2D eigenvalue weighted by atomic mass is 32.2. The van der Waals surface area contributed by atoms with Crippen molar-refractivity contribution in [3.8, 4) is 0 Å². The molecule has 25 heavy (non-hydrogen) atoms. The maximum absolute atomic E-state index is 13.6. The Morgan fingerprint density at radius 2 is 1.92 bits per heavy atom. The molecule has 1 unspecified atom stereocenters. The zero-order valence-electron chi connectivity index (χ0n) is 13.9. The molecule has 0 aliphatic heterocycles. The number of nitrogens with one attached hydrogen (secondary N) is 1. The Morgan fingerprint density at radius 1 is 1.20 bits per heavy atom. The predicted octanol–water partition coefficient (Wildman–Crippen LogP) is 3.75. The van der Waals surface area contributed by atoms with Crippen LogP contribution < -0.4 is 5.32 Å². The molecule has 2 N–H and O–H groups in total. The third kappa shape index (κ3) is 5.90. The average Bonchev–Trinajstić information content (AvgIpc) is 2.60. The minimum absolute atomic E-state index is 0.0305. The van der Waals surface area contributed by atoms with Crippen LogP contribution in [0.3, 0.4) is 0 Å². The smallest absolute Gasteiger partial charge is 0.303 e. The van der Waals surface area contributed by atoms with Crippen molar-refractivity contribution in [1.29, 1.82) is 0 Å². The second-order valence-electron chi connectivity index (χ2n) is 5.64. The normalized spacial score (nSPS) is 11.8. The summed E-state index contributed by atoms with van der Waals surface area (Å²) in [5.74, 6) is -1.60. The van der Waals surface area contributed by atoms with Crippen molar-refractivity contribution in [1.82, 2.24) is 5.32 Å². The molecule has 0 radical (unpaired) electrons. The topological polar surface area (TPSA) is 66.4 Å². The number of carbonyl (C=O) groups excluding carboxylic acids is 1. The van der Waals surface area contributed by atoms with Crippen LogP contribution in [0.15, 0.2) is 53.4 Å². The fourth-order valence-electron chi connectivity index (χ4n) is 2.49. The number of amides is 1. The van der Waals surface area contributed by atoms with Gasteiger partial charge in [-0.3, -0.25) is 9.59 Å². The van der Waals surface area contributed by atoms with Crippen LogP contribution in [0, 0.1) is 5.82 Å². The molecule has 0 aliphatic rings. The Balaban J connectivity index is 2.11. The summed E-state index contributed by atoms with van der Waals surface area (Å²) < 4.78 is 13.6. The minimum Gasteiger partial charge on any atom is -0.481 e. The lowest BCUT2D eigenvalue weighted by molar-refractivity contribution is -0.137. The molecule has 2 aromatic rings. The first-order valence-corrected chi connectivity index (χ1v) is 9.12. The first kappa shape index (κ1) is 19.0. The summed E-state index contributed by atoms with van der Waals surface area (Å²) in [7, 11) is 0. The predicted molar refractivity (Wildman–Crippen MR) is 96.5 cm³/mol. The lowest BCUT2D eigenvalue weighted by Crippen LogP contribution is -2.37. The zero-order valence-corrected chi connectivity index (χ0v) is 14.7. The third-order valence-electron chi connectivity index (χ3n) is 3.78. The van der Waals surface area contributed by atoms with Gasteiger partial charge in [-0.2, -0.15) is 0 Å². The first-order chi connectivity index (χ1) is 12.0. The van der Waals surface area contributed by atoms with Gasteiger partial charge in [-0.1, -0.05) is 30.3 Å². The number of thioether (sulfide) groups is 1. The van der Waals surface area contributed by atoms with Crippen molar-refractivity contribution in [2.45, 2.75) is 30.2 Å². The van der Waals surface area contributed by atoms with Crippen molar-refractivity contribution < 1.29 is 19.1 Å². The van der Waals surface area contributed by atoms with E-state index in [2.05, 4.69) is 5.32 Å². The molecule has 0 fully saturated rings. The van der Waals surface area contributed by atoms with Crippen LogP contribution in [0.2, 0.25) is 0 Å². The molecule has 0 aromatic heterocycles. The fourth-order valence-corrected chi connectivity index (χ4v) is 3.00. The second-order valence-corrected chi connectivity index (χ2v) is 6.49. The standard InChI is InChI=1S/C19H20FNO3S/c1-25-17-12-14(7-9-16(17)20)19(24)21-15(8-10-18(22)23)11-13-5-3-2-4-6-13/h2-7,9,12,15H,8,10-11H2,1H3,(H,21,24)(H,22,23). The van der Waals surface area contributed by atoms with Crippen molar-refractivity contribution in [2.24, 2.45) is 0 Å². The molecular formula is C19H20FNO3S. The van der Waals surface area contributed by atoms with E-state index in [1.807, 2.05) is 30.3 Å². The van der Waals surface area contributed by atoms with Crippen LogP contribution in [0.25, 0.3) is 0 Å². The number of benzene rings is 2. The molecule has 0 bridgehead atoms. The summed E-state index contributed by atoms with van der Waals surface area (Å²) in [5.41, 5.74) is 1.38. The van der Waals surface area contributed by atoms with E-state index >= 15 is 0 Å². The molecule has 6 heteroatoms. The molecule has 0 saturated carbocycles. The van der Waals surface area contributed by atoms with E-state index in [-0.39, 0.29) is 24.2 Å². The summed E-state index contributed by atoms with van der Waals surface area (Å²) in [4.78, 5) is 23.8. The number of carboxylic acids is 1. The van der Waals surface area contributed by atoms with E-state index in [0.717, 1.165) is 5.56 Å². The highest BCUT2D eigenvalue weighted by Gasteiger charge is 2.17. The Morgan fingerprint density at radius 3 is 2.56 bits per heavy atom. The van der Waals surface area contributed by atoms with E-state index in [4.69, 9.17) is 5.11 Å². The fraction of sp³-hybridized carbons (Fsp3) is 0.263. The lowest BCUT2D eigenvalue weighted by atomic mass is 10.0. The van der Waals surface area contributed by atoms with Gasteiger partial charge in [-0.15, -0.1) is 11.8 Å². The van der Waals surface area contributed by atoms with E-state index < -0.39 is 5.97 Å². The molecular weight excluding hydrogens is 341 g/mol. The second kappa shape index (κ2) is 9.22. The van der Waals surface area contributed by atoms with E-state index in [9.17, 15) is 14.0 Å². The van der Waals surface area contributed by atoms with Crippen molar-refractivity contribution in [2.75, 3.05) is 6.26 Å². The Bertz CT molecular complexity index is 737. The molecule has 0 saturated heterocycles. The van der Waals surface area contributed by atoms with E-state index in [0.29, 0.717) is 23.3 Å². The SMILES string of the molecule is CSc1cc(C(=O)NC(CCC(=O)O)Cc2ccccc2)ccc1F. The highest BCUT2D eigenvalue weighted by Crippen LogP contribution is 2.20. The molecule has 132 valence electrons. The van der Waals surface area contributed by atoms with Crippen LogP contribution in [0.4, 0.5) is 4.39 Å². The Kier molecular flexibility index (Phi) is 7.01. The molecule has 0 spiro atoms. The van der Waals surface area contributed by atoms with Gasteiger partial charge in [0.2, 0.25) is 0 Å². The summed E-state index contributed by atoms with van der Waals surface area (Å²) in [6.45, 7) is 0. The molecule has 2 rings (SSSR count). The van der Waals surface area contributed by atoms with Gasteiger partial charge in [-0.05, 0) is 42.9 Å². The van der Waals surface area contributed by atoms with Crippen molar-refractivity contribution >= 4 is 23.6 Å². The summed E-state index contributed by atoms with van der Waals surface area (Å²) in [6.07, 6.45) is 2.57. The van der Waals surface area contributed by atoms with Crippen LogP contribution in [0.1, 0.15) is 28.8 Å². The molecule has 1 amide bonds. The largest absolute Gasteiger partial charge is 0.481 e. The van der Waals surface area contributed by atoms with Gasteiger partial charge in [0.25, 0.3) is 5.91 Å². The summed E-state index contributed by atoms with van der Waals surface area (Å²) >= 11 is 1.23. The third-order valence-corrected chi connectivity index (χ3v) is 4.53. The number of halogens is 1. The van der Waals surface area contributed by atoms with E-state index in [1.165, 1.54) is 30.0 Å².